The smallest absolute Gasteiger partial charge is 0.0924 e. The summed E-state index contributed by atoms with van der Waals surface area (Å²) in [7, 11) is 0. The van der Waals surface area contributed by atoms with Gasteiger partial charge in [0.25, 0.3) is 0 Å². The lowest BCUT2D eigenvalue weighted by atomic mass is 10.1. The second kappa shape index (κ2) is 6.14. The van der Waals surface area contributed by atoms with E-state index < -0.39 is 0 Å². The summed E-state index contributed by atoms with van der Waals surface area (Å²) in [5.74, 6) is 0.737. The average Bonchev–Trinajstić information content (AvgIpc) is 2.63. The highest BCUT2D eigenvalue weighted by Gasteiger charge is 2.04. The molecule has 2 nitrogen and oxygen atoms in total. The number of aryl methyl sites for hydroxylation is 1. The number of nitrogens with zero attached hydrogens (tertiary/aromatic N) is 1. The van der Waals surface area contributed by atoms with Crippen LogP contribution in [0.25, 0.3) is 0 Å². The summed E-state index contributed by atoms with van der Waals surface area (Å²) in [6.07, 6.45) is 4.24. The SMILES string of the molecule is CC(CCc1nccs1)CNC(C)C. The number of thiazole rings is 1. The summed E-state index contributed by atoms with van der Waals surface area (Å²) >= 11 is 1.76. The predicted molar refractivity (Wildman–Crippen MR) is 62.7 cm³/mol. The quantitative estimate of drug-likeness (QED) is 0.784. The zero-order valence-corrected chi connectivity index (χ0v) is 10.1. The largest absolute Gasteiger partial charge is 0.314 e. The lowest BCUT2D eigenvalue weighted by Crippen LogP contribution is -2.28. The van der Waals surface area contributed by atoms with Crippen LogP contribution in [0.4, 0.5) is 0 Å². The van der Waals surface area contributed by atoms with Gasteiger partial charge in [0, 0.05) is 17.6 Å². The molecular formula is C11H20N2S. The molecule has 0 aromatic carbocycles. The highest BCUT2D eigenvalue weighted by Crippen LogP contribution is 2.11. The Kier molecular flexibility index (Phi) is 5.12. The summed E-state index contributed by atoms with van der Waals surface area (Å²) in [5.41, 5.74) is 0. The van der Waals surface area contributed by atoms with Gasteiger partial charge in [-0.2, -0.15) is 0 Å². The molecule has 0 fully saturated rings. The average molecular weight is 212 g/mol. The molecule has 0 amide bonds. The lowest BCUT2D eigenvalue weighted by Gasteiger charge is -2.13. The van der Waals surface area contributed by atoms with Crippen molar-refractivity contribution in [2.75, 3.05) is 6.54 Å². The minimum absolute atomic E-state index is 0.595. The molecule has 0 spiro atoms. The standard InChI is InChI=1S/C11H20N2S/c1-9(2)13-8-10(3)4-5-11-12-6-7-14-11/h6-7,9-10,13H,4-5,8H2,1-3H3. The molecule has 0 radical (unpaired) electrons. The molecule has 0 saturated carbocycles. The Bertz CT molecular complexity index is 231. The van der Waals surface area contributed by atoms with Crippen molar-refractivity contribution >= 4 is 11.3 Å². The third kappa shape index (κ3) is 4.72. The van der Waals surface area contributed by atoms with E-state index in [1.807, 2.05) is 11.6 Å². The van der Waals surface area contributed by atoms with Crippen LogP contribution in [0.2, 0.25) is 0 Å². The Labute approximate surface area is 90.8 Å². The highest BCUT2D eigenvalue weighted by atomic mass is 32.1. The number of nitrogens with one attached hydrogen (secondary N) is 1. The van der Waals surface area contributed by atoms with Crippen LogP contribution in [-0.4, -0.2) is 17.6 Å². The zero-order valence-electron chi connectivity index (χ0n) is 9.29. The second-order valence-electron chi connectivity index (χ2n) is 4.13. The van der Waals surface area contributed by atoms with Crippen LogP contribution >= 0.6 is 11.3 Å². The molecule has 0 aliphatic carbocycles. The zero-order chi connectivity index (χ0) is 10.4. The van der Waals surface area contributed by atoms with Gasteiger partial charge in [-0.15, -0.1) is 11.3 Å². The molecule has 1 rings (SSSR count). The van der Waals surface area contributed by atoms with Crippen LogP contribution in [0, 0.1) is 5.92 Å². The first-order chi connectivity index (χ1) is 6.68. The molecule has 1 aromatic rings. The van der Waals surface area contributed by atoms with E-state index in [0.717, 1.165) is 18.9 Å². The minimum atomic E-state index is 0.595. The molecule has 0 bridgehead atoms. The topological polar surface area (TPSA) is 24.9 Å². The van der Waals surface area contributed by atoms with Crippen molar-refractivity contribution in [3.63, 3.8) is 0 Å². The molecule has 1 atom stereocenters. The molecule has 3 heteroatoms. The van der Waals surface area contributed by atoms with Gasteiger partial charge in [0.05, 0.1) is 5.01 Å². The monoisotopic (exact) mass is 212 g/mol. The van der Waals surface area contributed by atoms with Crippen LogP contribution in [0.3, 0.4) is 0 Å². The highest BCUT2D eigenvalue weighted by molar-refractivity contribution is 7.09. The molecule has 0 saturated heterocycles. The van der Waals surface area contributed by atoms with Gasteiger partial charge in [0.2, 0.25) is 0 Å². The molecule has 0 aliphatic heterocycles. The van der Waals surface area contributed by atoms with E-state index in [1.165, 1.54) is 11.4 Å². The number of rotatable bonds is 6. The van der Waals surface area contributed by atoms with Gasteiger partial charge in [-0.05, 0) is 25.3 Å². The number of aromatic nitrogens is 1. The van der Waals surface area contributed by atoms with Gasteiger partial charge in [0.1, 0.15) is 0 Å². The van der Waals surface area contributed by atoms with E-state index >= 15 is 0 Å². The van der Waals surface area contributed by atoms with Crippen LogP contribution in [0.5, 0.6) is 0 Å². The Morgan fingerprint density at radius 1 is 1.43 bits per heavy atom. The summed E-state index contributed by atoms with van der Waals surface area (Å²) in [5, 5.41) is 6.77. The van der Waals surface area contributed by atoms with E-state index in [1.54, 1.807) is 11.3 Å². The van der Waals surface area contributed by atoms with Gasteiger partial charge in [-0.25, -0.2) is 4.98 Å². The van der Waals surface area contributed by atoms with Gasteiger partial charge in [-0.3, -0.25) is 0 Å². The lowest BCUT2D eigenvalue weighted by molar-refractivity contribution is 0.453. The maximum atomic E-state index is 4.28. The maximum Gasteiger partial charge on any atom is 0.0924 e. The summed E-state index contributed by atoms with van der Waals surface area (Å²) in [6, 6.07) is 0.595. The van der Waals surface area contributed by atoms with Gasteiger partial charge < -0.3 is 5.32 Å². The molecule has 1 unspecified atom stereocenters. The van der Waals surface area contributed by atoms with Crippen molar-refractivity contribution in [1.29, 1.82) is 0 Å². The van der Waals surface area contributed by atoms with Crippen molar-refractivity contribution in [1.82, 2.24) is 10.3 Å². The first kappa shape index (κ1) is 11.7. The van der Waals surface area contributed by atoms with Crippen LogP contribution < -0.4 is 5.32 Å². The summed E-state index contributed by atoms with van der Waals surface area (Å²) in [4.78, 5) is 4.28. The summed E-state index contributed by atoms with van der Waals surface area (Å²) in [6.45, 7) is 7.78. The Morgan fingerprint density at radius 2 is 2.21 bits per heavy atom. The maximum absolute atomic E-state index is 4.28. The fraction of sp³-hybridized carbons (Fsp3) is 0.727. The predicted octanol–water partition coefficient (Wildman–Crippen LogP) is 2.71. The molecular weight excluding hydrogens is 192 g/mol. The first-order valence-electron chi connectivity index (χ1n) is 5.30. The van der Waals surface area contributed by atoms with Crippen molar-refractivity contribution in [3.05, 3.63) is 16.6 Å². The normalized spacial score (nSPS) is 13.4. The molecule has 1 aromatic heterocycles. The van der Waals surface area contributed by atoms with Gasteiger partial charge >= 0.3 is 0 Å². The number of hydrogen-bond donors (Lipinski definition) is 1. The molecule has 1 heterocycles. The van der Waals surface area contributed by atoms with E-state index in [4.69, 9.17) is 0 Å². The fourth-order valence-corrected chi connectivity index (χ4v) is 1.92. The van der Waals surface area contributed by atoms with Crippen LogP contribution in [0.1, 0.15) is 32.2 Å². The third-order valence-electron chi connectivity index (χ3n) is 2.21. The van der Waals surface area contributed by atoms with E-state index in [9.17, 15) is 0 Å². The van der Waals surface area contributed by atoms with Crippen molar-refractivity contribution in [2.24, 2.45) is 5.92 Å². The van der Waals surface area contributed by atoms with Crippen molar-refractivity contribution in [2.45, 2.75) is 39.7 Å². The van der Waals surface area contributed by atoms with E-state index in [0.29, 0.717) is 6.04 Å². The second-order valence-corrected chi connectivity index (χ2v) is 5.11. The van der Waals surface area contributed by atoms with E-state index in [2.05, 4.69) is 31.1 Å². The first-order valence-corrected chi connectivity index (χ1v) is 6.18. The Balaban J connectivity index is 2.12. The van der Waals surface area contributed by atoms with Crippen molar-refractivity contribution < 1.29 is 0 Å². The van der Waals surface area contributed by atoms with Crippen molar-refractivity contribution in [3.8, 4) is 0 Å². The van der Waals surface area contributed by atoms with E-state index in [-0.39, 0.29) is 0 Å². The molecule has 14 heavy (non-hydrogen) atoms. The molecule has 80 valence electrons. The van der Waals surface area contributed by atoms with Gasteiger partial charge in [0.15, 0.2) is 0 Å². The Hall–Kier alpha value is -0.410. The van der Waals surface area contributed by atoms with Crippen LogP contribution in [-0.2, 0) is 6.42 Å². The Morgan fingerprint density at radius 3 is 2.79 bits per heavy atom. The van der Waals surface area contributed by atoms with Gasteiger partial charge in [-0.1, -0.05) is 20.8 Å². The number of hydrogen-bond acceptors (Lipinski definition) is 3. The summed E-state index contributed by atoms with van der Waals surface area (Å²) < 4.78 is 0. The molecule has 0 aliphatic rings. The molecule has 1 N–H and O–H groups in total. The minimum Gasteiger partial charge on any atom is -0.314 e. The van der Waals surface area contributed by atoms with Crippen LogP contribution in [0.15, 0.2) is 11.6 Å². The third-order valence-corrected chi connectivity index (χ3v) is 3.05. The fourth-order valence-electron chi connectivity index (χ4n) is 1.29.